The van der Waals surface area contributed by atoms with Crippen molar-refractivity contribution in [1.82, 2.24) is 25.4 Å². The van der Waals surface area contributed by atoms with Crippen LogP contribution >= 0.6 is 0 Å². The monoisotopic (exact) mass is 773 g/mol. The summed E-state index contributed by atoms with van der Waals surface area (Å²) in [5, 5.41) is 16.9. The van der Waals surface area contributed by atoms with Crippen LogP contribution < -0.4 is 16.0 Å². The van der Waals surface area contributed by atoms with Crippen molar-refractivity contribution >= 4 is 29.3 Å². The lowest BCUT2D eigenvalue weighted by Crippen LogP contribution is -2.62. The van der Waals surface area contributed by atoms with Gasteiger partial charge in [-0.05, 0) is 67.6 Å². The van der Waals surface area contributed by atoms with E-state index < -0.39 is 52.0 Å². The first-order valence-corrected chi connectivity index (χ1v) is 19.1. The Labute approximate surface area is 326 Å². The molecule has 4 amide bonds. The van der Waals surface area contributed by atoms with Gasteiger partial charge in [0, 0.05) is 56.3 Å². The maximum Gasteiger partial charge on any atom is 0.349 e. The molecule has 11 nitrogen and oxygen atoms in total. The average molecular weight is 774 g/mol. The van der Waals surface area contributed by atoms with Gasteiger partial charge in [0.05, 0.1) is 23.0 Å². The van der Waals surface area contributed by atoms with Gasteiger partial charge in [0.15, 0.2) is 0 Å². The normalized spacial score (nSPS) is 17.2. The van der Waals surface area contributed by atoms with Crippen molar-refractivity contribution in [1.29, 1.82) is 5.26 Å². The van der Waals surface area contributed by atoms with Gasteiger partial charge in [-0.3, -0.25) is 29.1 Å². The number of amides is 4. The number of carbonyl (C=O) groups is 4. The molecule has 56 heavy (non-hydrogen) atoms. The molecule has 1 aliphatic carbocycles. The van der Waals surface area contributed by atoms with Crippen LogP contribution in [0.4, 0.5) is 18.9 Å². The fourth-order valence-corrected chi connectivity index (χ4v) is 7.53. The second kappa shape index (κ2) is 17.7. The van der Waals surface area contributed by atoms with Crippen LogP contribution in [0.2, 0.25) is 0 Å². The van der Waals surface area contributed by atoms with E-state index in [4.69, 9.17) is 0 Å². The Bertz CT molecular complexity index is 1940. The summed E-state index contributed by atoms with van der Waals surface area (Å²) in [6.07, 6.45) is 5.15. The van der Waals surface area contributed by atoms with E-state index in [1.807, 2.05) is 18.2 Å². The molecule has 3 aromatic rings. The van der Waals surface area contributed by atoms with Gasteiger partial charge in [-0.2, -0.15) is 14.0 Å². The van der Waals surface area contributed by atoms with Crippen LogP contribution in [0.25, 0.3) is 0 Å². The molecule has 2 aromatic carbocycles. The average Bonchev–Trinajstić information content (AvgIpc) is 3.21. The van der Waals surface area contributed by atoms with E-state index in [-0.39, 0.29) is 29.5 Å². The first-order chi connectivity index (χ1) is 26.6. The third-order valence-electron chi connectivity index (χ3n) is 11.3. The van der Waals surface area contributed by atoms with E-state index >= 15 is 13.2 Å². The molecular weight excluding hydrogens is 724 g/mol. The molecule has 2 aliphatic rings. The van der Waals surface area contributed by atoms with Crippen molar-refractivity contribution in [3.63, 3.8) is 0 Å². The number of pyridine rings is 1. The summed E-state index contributed by atoms with van der Waals surface area (Å²) in [6.45, 7) is 9.21. The topological polar surface area (TPSA) is 148 Å². The molecule has 0 radical (unpaired) electrons. The number of alkyl halides is 2. The highest BCUT2D eigenvalue weighted by Gasteiger charge is 2.50. The Balaban J connectivity index is 1.34. The van der Waals surface area contributed by atoms with Crippen molar-refractivity contribution in [3.05, 3.63) is 95.1 Å². The molecule has 0 spiro atoms. The highest BCUT2D eigenvalue weighted by atomic mass is 19.3. The first-order valence-electron chi connectivity index (χ1n) is 19.1. The number of halogens is 3. The zero-order valence-corrected chi connectivity index (χ0v) is 32.3. The van der Waals surface area contributed by atoms with E-state index in [1.165, 1.54) is 31.2 Å². The van der Waals surface area contributed by atoms with Gasteiger partial charge in [-0.25, -0.2) is 4.39 Å². The summed E-state index contributed by atoms with van der Waals surface area (Å²) in [7, 11) is 0. The number of nitrogens with zero attached hydrogens (tertiary/aromatic N) is 4. The lowest BCUT2D eigenvalue weighted by atomic mass is 9.74. The lowest BCUT2D eigenvalue weighted by Gasteiger charge is -2.41. The molecule has 1 aromatic heterocycles. The molecule has 14 heteroatoms. The van der Waals surface area contributed by atoms with Gasteiger partial charge >= 0.3 is 5.92 Å². The number of nitriles is 1. The fraction of sp³-hybridized carbons (Fsp3) is 0.476. The minimum absolute atomic E-state index is 0.0522. The number of rotatable bonds is 13. The van der Waals surface area contributed by atoms with Crippen LogP contribution in [0.3, 0.4) is 0 Å². The molecule has 298 valence electrons. The number of hydrogen-bond donors (Lipinski definition) is 3. The van der Waals surface area contributed by atoms with Gasteiger partial charge in [0.25, 0.3) is 5.91 Å². The van der Waals surface area contributed by atoms with E-state index in [1.54, 1.807) is 44.0 Å². The Hall–Kier alpha value is -5.29. The molecule has 1 aliphatic heterocycles. The van der Waals surface area contributed by atoms with Gasteiger partial charge < -0.3 is 20.9 Å². The van der Waals surface area contributed by atoms with Gasteiger partial charge in [0.2, 0.25) is 17.7 Å². The zero-order chi connectivity index (χ0) is 40.7. The van der Waals surface area contributed by atoms with Crippen LogP contribution in [-0.4, -0.2) is 76.2 Å². The number of aromatic nitrogens is 1. The summed E-state index contributed by atoms with van der Waals surface area (Å²) in [6, 6.07) is 15.1. The molecule has 2 heterocycles. The van der Waals surface area contributed by atoms with Crippen molar-refractivity contribution in [3.8, 4) is 6.07 Å². The SMILES string of the molecule is CCC(=O)N[C@@H](C(=O)N1CCN(Cc2ccccn2)CC1)C(C)(C)c1ccc(NC(=O)[C@](C)(NC(=O)C(F)(F)c2cccc(C#N)c2)C2CCCCC2)c(F)c1. The third kappa shape index (κ3) is 9.38. The molecule has 1 saturated heterocycles. The number of piperazine rings is 1. The molecule has 0 bridgehead atoms. The maximum absolute atomic E-state index is 16.0. The van der Waals surface area contributed by atoms with Crippen LogP contribution in [0.15, 0.2) is 66.9 Å². The standard InChI is InChI=1S/C42H50F3N7O4/c1-5-35(53)49-36(37(54)52-22-20-51(21-23-52)27-32-16-9-10-19-47-32)40(2,3)30-17-18-34(33(43)25-30)48-38(55)41(4,29-13-7-6-8-14-29)50-39(56)42(44,45)31-15-11-12-28(24-31)26-46/h9-12,15-19,24-25,29,36H,5-8,13-14,20-23,27H2,1-4H3,(H,48,55)(H,49,53)(H,50,56)/t36-,41+/m0/s1. The lowest BCUT2D eigenvalue weighted by molar-refractivity contribution is -0.152. The number of nitrogens with one attached hydrogen (secondary N) is 3. The van der Waals surface area contributed by atoms with E-state index in [2.05, 4.69) is 25.8 Å². The van der Waals surface area contributed by atoms with E-state index in [9.17, 15) is 24.4 Å². The molecule has 1 saturated carbocycles. The van der Waals surface area contributed by atoms with Crippen molar-refractivity contribution < 1.29 is 32.3 Å². The number of anilines is 1. The van der Waals surface area contributed by atoms with Crippen LogP contribution in [0.1, 0.15) is 88.6 Å². The second-order valence-corrected chi connectivity index (χ2v) is 15.4. The Morgan fingerprint density at radius 1 is 0.911 bits per heavy atom. The minimum atomic E-state index is -4.07. The maximum atomic E-state index is 16.0. The van der Waals surface area contributed by atoms with Crippen molar-refractivity contribution in [2.75, 3.05) is 31.5 Å². The molecule has 5 rings (SSSR count). The number of hydrogen-bond acceptors (Lipinski definition) is 7. The fourth-order valence-electron chi connectivity index (χ4n) is 7.53. The highest BCUT2D eigenvalue weighted by Crippen LogP contribution is 2.37. The van der Waals surface area contributed by atoms with Gasteiger partial charge in [-0.1, -0.05) is 64.3 Å². The smallest absolute Gasteiger partial charge is 0.343 e. The molecule has 2 fully saturated rings. The summed E-state index contributed by atoms with van der Waals surface area (Å²) >= 11 is 0. The minimum Gasteiger partial charge on any atom is -0.343 e. The zero-order valence-electron chi connectivity index (χ0n) is 32.3. The van der Waals surface area contributed by atoms with E-state index in [0.29, 0.717) is 51.1 Å². The summed E-state index contributed by atoms with van der Waals surface area (Å²) < 4.78 is 47.1. The number of benzene rings is 2. The van der Waals surface area contributed by atoms with Crippen LogP contribution in [-0.2, 0) is 37.1 Å². The van der Waals surface area contributed by atoms with Crippen molar-refractivity contribution in [2.24, 2.45) is 5.92 Å². The first kappa shape index (κ1) is 41.9. The largest absolute Gasteiger partial charge is 0.349 e. The quantitative estimate of drug-likeness (QED) is 0.199. The van der Waals surface area contributed by atoms with Crippen LogP contribution in [0, 0.1) is 23.1 Å². The molecule has 0 unspecified atom stereocenters. The van der Waals surface area contributed by atoms with Gasteiger partial charge in [0.1, 0.15) is 17.4 Å². The Morgan fingerprint density at radius 2 is 1.62 bits per heavy atom. The van der Waals surface area contributed by atoms with Crippen LogP contribution in [0.5, 0.6) is 0 Å². The Morgan fingerprint density at radius 3 is 2.25 bits per heavy atom. The number of carbonyl (C=O) groups excluding carboxylic acids is 4. The predicted octanol–water partition coefficient (Wildman–Crippen LogP) is 5.79. The summed E-state index contributed by atoms with van der Waals surface area (Å²) in [5.41, 5.74) is -2.66. The highest BCUT2D eigenvalue weighted by molar-refractivity contribution is 6.01. The van der Waals surface area contributed by atoms with Crippen molar-refractivity contribution in [2.45, 2.75) is 95.7 Å². The van der Waals surface area contributed by atoms with Gasteiger partial charge in [-0.15, -0.1) is 0 Å². The van der Waals surface area contributed by atoms with E-state index in [0.717, 1.165) is 37.1 Å². The Kier molecular flexibility index (Phi) is 13.2. The second-order valence-electron chi connectivity index (χ2n) is 15.4. The predicted molar refractivity (Wildman–Crippen MR) is 205 cm³/mol. The third-order valence-corrected chi connectivity index (χ3v) is 11.3. The molecule has 3 N–H and O–H groups in total. The summed E-state index contributed by atoms with van der Waals surface area (Å²) in [5.74, 6) is -8.67. The molecular formula is C42H50F3N7O4. The molecule has 2 atom stereocenters. The summed E-state index contributed by atoms with van der Waals surface area (Å²) in [4.78, 5) is 62.4.